The zero-order chi connectivity index (χ0) is 20.4. The standard InChI is InChI=1S/C20H23NO7/c1-24-14-8-9-15(18(12-14)26-3)20(23)28-13-19(22)21-10-11-27-17-7-5-4-6-16(17)25-2/h4-9,12H,10-11,13H2,1-3H3,(H,21,22). The first kappa shape index (κ1) is 20.9. The minimum atomic E-state index is -0.667. The van der Waals surface area contributed by atoms with E-state index in [-0.39, 0.29) is 18.7 Å². The molecule has 28 heavy (non-hydrogen) atoms. The van der Waals surface area contributed by atoms with Crippen molar-refractivity contribution in [2.75, 3.05) is 41.1 Å². The fraction of sp³-hybridized carbons (Fsp3) is 0.300. The van der Waals surface area contributed by atoms with Crippen molar-refractivity contribution in [1.82, 2.24) is 5.32 Å². The summed E-state index contributed by atoms with van der Waals surface area (Å²) in [6, 6.07) is 11.9. The van der Waals surface area contributed by atoms with Crippen molar-refractivity contribution in [3.8, 4) is 23.0 Å². The number of hydrogen-bond donors (Lipinski definition) is 1. The van der Waals surface area contributed by atoms with Gasteiger partial charge in [-0.15, -0.1) is 0 Å². The van der Waals surface area contributed by atoms with E-state index in [1.54, 1.807) is 31.4 Å². The van der Waals surface area contributed by atoms with Gasteiger partial charge in [0.25, 0.3) is 5.91 Å². The van der Waals surface area contributed by atoms with Crippen LogP contribution in [0.4, 0.5) is 0 Å². The molecule has 0 radical (unpaired) electrons. The molecule has 0 saturated heterocycles. The predicted octanol–water partition coefficient (Wildman–Crippen LogP) is 2.06. The Labute approximate surface area is 163 Å². The van der Waals surface area contributed by atoms with Crippen LogP contribution in [0.1, 0.15) is 10.4 Å². The van der Waals surface area contributed by atoms with Gasteiger partial charge in [0.2, 0.25) is 0 Å². The Morgan fingerprint density at radius 3 is 2.29 bits per heavy atom. The van der Waals surface area contributed by atoms with Gasteiger partial charge in [-0.25, -0.2) is 4.79 Å². The lowest BCUT2D eigenvalue weighted by Crippen LogP contribution is -2.32. The third-order valence-corrected chi connectivity index (χ3v) is 3.71. The number of nitrogens with one attached hydrogen (secondary N) is 1. The van der Waals surface area contributed by atoms with Crippen molar-refractivity contribution in [2.24, 2.45) is 0 Å². The van der Waals surface area contributed by atoms with Crippen LogP contribution >= 0.6 is 0 Å². The maximum atomic E-state index is 12.2. The smallest absolute Gasteiger partial charge is 0.342 e. The minimum absolute atomic E-state index is 0.204. The first-order valence-electron chi connectivity index (χ1n) is 8.50. The third-order valence-electron chi connectivity index (χ3n) is 3.71. The quantitative estimate of drug-likeness (QED) is 0.491. The summed E-state index contributed by atoms with van der Waals surface area (Å²) in [4.78, 5) is 24.0. The first-order valence-corrected chi connectivity index (χ1v) is 8.50. The summed E-state index contributed by atoms with van der Waals surface area (Å²) in [5.41, 5.74) is 0.204. The number of para-hydroxylation sites is 2. The SMILES string of the molecule is COc1ccc(C(=O)OCC(=O)NCCOc2ccccc2OC)c(OC)c1. The molecule has 0 aromatic heterocycles. The summed E-state index contributed by atoms with van der Waals surface area (Å²) < 4.78 is 26.0. The van der Waals surface area contributed by atoms with Gasteiger partial charge in [-0.1, -0.05) is 12.1 Å². The number of ether oxygens (including phenoxy) is 5. The largest absolute Gasteiger partial charge is 0.497 e. The normalized spacial score (nSPS) is 9.96. The van der Waals surface area contributed by atoms with Gasteiger partial charge in [-0.2, -0.15) is 0 Å². The Morgan fingerprint density at radius 2 is 1.61 bits per heavy atom. The molecule has 2 aromatic carbocycles. The third kappa shape index (κ3) is 5.80. The fourth-order valence-electron chi connectivity index (χ4n) is 2.32. The average Bonchev–Trinajstić information content (AvgIpc) is 2.74. The number of rotatable bonds is 10. The summed E-state index contributed by atoms with van der Waals surface area (Å²) in [5.74, 6) is 0.925. The van der Waals surface area contributed by atoms with Crippen molar-refractivity contribution in [2.45, 2.75) is 0 Å². The monoisotopic (exact) mass is 389 g/mol. The van der Waals surface area contributed by atoms with Crippen LogP contribution in [0.5, 0.6) is 23.0 Å². The molecule has 0 aliphatic carbocycles. The van der Waals surface area contributed by atoms with Crippen LogP contribution in [0.25, 0.3) is 0 Å². The first-order chi connectivity index (χ1) is 13.6. The highest BCUT2D eigenvalue weighted by molar-refractivity contribution is 5.94. The Balaban J connectivity index is 1.76. The van der Waals surface area contributed by atoms with Crippen molar-refractivity contribution in [1.29, 1.82) is 0 Å². The number of methoxy groups -OCH3 is 3. The highest BCUT2D eigenvalue weighted by Gasteiger charge is 2.16. The molecule has 150 valence electrons. The Morgan fingerprint density at radius 1 is 0.893 bits per heavy atom. The Kier molecular flexibility index (Phi) is 7.95. The predicted molar refractivity (Wildman–Crippen MR) is 101 cm³/mol. The van der Waals surface area contributed by atoms with Crippen LogP contribution in [0.2, 0.25) is 0 Å². The van der Waals surface area contributed by atoms with E-state index < -0.39 is 18.5 Å². The molecule has 0 unspecified atom stereocenters. The van der Waals surface area contributed by atoms with Crippen LogP contribution in [0.15, 0.2) is 42.5 Å². The van der Waals surface area contributed by atoms with Gasteiger partial charge in [0.15, 0.2) is 18.1 Å². The summed E-state index contributed by atoms with van der Waals surface area (Å²) in [7, 11) is 4.49. The van der Waals surface area contributed by atoms with Gasteiger partial charge in [0, 0.05) is 6.07 Å². The molecule has 0 bridgehead atoms. The summed E-state index contributed by atoms with van der Waals surface area (Å²) in [6.45, 7) is 0.0787. The summed E-state index contributed by atoms with van der Waals surface area (Å²) >= 11 is 0. The van der Waals surface area contributed by atoms with Crippen LogP contribution in [-0.2, 0) is 9.53 Å². The summed E-state index contributed by atoms with van der Waals surface area (Å²) in [6.07, 6.45) is 0. The van der Waals surface area contributed by atoms with E-state index in [4.69, 9.17) is 23.7 Å². The molecule has 2 aromatic rings. The Hall–Kier alpha value is -3.42. The number of hydrogen-bond acceptors (Lipinski definition) is 7. The van der Waals surface area contributed by atoms with Crippen molar-refractivity contribution in [3.05, 3.63) is 48.0 Å². The lowest BCUT2D eigenvalue weighted by molar-refractivity contribution is -0.124. The van der Waals surface area contributed by atoms with E-state index in [2.05, 4.69) is 5.32 Å². The lowest BCUT2D eigenvalue weighted by Gasteiger charge is -2.12. The molecule has 0 aliphatic rings. The molecular weight excluding hydrogens is 366 g/mol. The van der Waals surface area contributed by atoms with Gasteiger partial charge in [-0.05, 0) is 24.3 Å². The maximum absolute atomic E-state index is 12.2. The molecule has 0 saturated carbocycles. The van der Waals surface area contributed by atoms with Crippen LogP contribution in [0.3, 0.4) is 0 Å². The number of benzene rings is 2. The van der Waals surface area contributed by atoms with E-state index in [1.807, 2.05) is 12.1 Å². The molecule has 1 amide bonds. The minimum Gasteiger partial charge on any atom is -0.497 e. The second kappa shape index (κ2) is 10.7. The maximum Gasteiger partial charge on any atom is 0.342 e. The number of esters is 1. The van der Waals surface area contributed by atoms with E-state index in [0.717, 1.165) is 0 Å². The Bertz CT molecular complexity index is 807. The molecule has 2 rings (SSSR count). The highest BCUT2D eigenvalue weighted by atomic mass is 16.5. The molecule has 0 spiro atoms. The molecule has 0 aliphatic heterocycles. The molecule has 8 nitrogen and oxygen atoms in total. The van der Waals surface area contributed by atoms with E-state index >= 15 is 0 Å². The number of carbonyl (C=O) groups excluding carboxylic acids is 2. The molecule has 0 heterocycles. The topological polar surface area (TPSA) is 92.3 Å². The van der Waals surface area contributed by atoms with E-state index in [9.17, 15) is 9.59 Å². The van der Waals surface area contributed by atoms with Crippen molar-refractivity contribution < 1.29 is 33.3 Å². The van der Waals surface area contributed by atoms with E-state index in [1.165, 1.54) is 20.3 Å². The van der Waals surface area contributed by atoms with Crippen molar-refractivity contribution >= 4 is 11.9 Å². The molecule has 1 N–H and O–H groups in total. The average molecular weight is 389 g/mol. The molecule has 8 heteroatoms. The van der Waals surface area contributed by atoms with Crippen LogP contribution < -0.4 is 24.3 Å². The zero-order valence-corrected chi connectivity index (χ0v) is 16.0. The molecular formula is C20H23NO7. The van der Waals surface area contributed by atoms with Gasteiger partial charge >= 0.3 is 5.97 Å². The van der Waals surface area contributed by atoms with Gasteiger partial charge in [0.05, 0.1) is 27.9 Å². The number of amides is 1. The summed E-state index contributed by atoms with van der Waals surface area (Å²) in [5, 5.41) is 2.61. The second-order valence-electron chi connectivity index (χ2n) is 5.49. The fourth-order valence-corrected chi connectivity index (χ4v) is 2.32. The van der Waals surface area contributed by atoms with Gasteiger partial charge in [0.1, 0.15) is 23.7 Å². The van der Waals surface area contributed by atoms with E-state index in [0.29, 0.717) is 23.0 Å². The molecule has 0 fully saturated rings. The zero-order valence-electron chi connectivity index (χ0n) is 16.0. The van der Waals surface area contributed by atoms with Gasteiger partial charge < -0.3 is 29.0 Å². The van der Waals surface area contributed by atoms with Crippen molar-refractivity contribution in [3.63, 3.8) is 0 Å². The number of carbonyl (C=O) groups is 2. The molecule has 0 atom stereocenters. The highest BCUT2D eigenvalue weighted by Crippen LogP contribution is 2.26. The second-order valence-corrected chi connectivity index (χ2v) is 5.49. The van der Waals surface area contributed by atoms with Crippen LogP contribution in [-0.4, -0.2) is 53.0 Å². The lowest BCUT2D eigenvalue weighted by atomic mass is 10.2. The van der Waals surface area contributed by atoms with Gasteiger partial charge in [-0.3, -0.25) is 4.79 Å². The van der Waals surface area contributed by atoms with Crippen LogP contribution in [0, 0.1) is 0 Å².